The molecule has 2 aromatic rings. The van der Waals surface area contributed by atoms with Crippen LogP contribution in [0.4, 0.5) is 13.2 Å². The lowest BCUT2D eigenvalue weighted by Gasteiger charge is -2.13. The van der Waals surface area contributed by atoms with Crippen molar-refractivity contribution in [2.75, 3.05) is 14.2 Å². The third-order valence-electron chi connectivity index (χ3n) is 2.67. The minimum atomic E-state index is -4.62. The van der Waals surface area contributed by atoms with Crippen molar-refractivity contribution in [2.24, 2.45) is 0 Å². The predicted molar refractivity (Wildman–Crippen MR) is 70.6 cm³/mol. The summed E-state index contributed by atoms with van der Waals surface area (Å²) in [5.74, 6) is 0.640. The maximum Gasteiger partial charge on any atom is 0.433 e. The summed E-state index contributed by atoms with van der Waals surface area (Å²) in [7, 11) is 2.81. The van der Waals surface area contributed by atoms with Crippen LogP contribution in [0.5, 0.6) is 11.5 Å². The molecule has 1 aromatic heterocycles. The number of rotatable bonds is 3. The van der Waals surface area contributed by atoms with E-state index in [4.69, 9.17) is 21.1 Å². The van der Waals surface area contributed by atoms with Crippen LogP contribution in [0.15, 0.2) is 24.3 Å². The third kappa shape index (κ3) is 3.18. The molecule has 0 bridgehead atoms. The zero-order chi connectivity index (χ0) is 15.6. The van der Waals surface area contributed by atoms with E-state index in [0.717, 1.165) is 6.07 Å². The van der Waals surface area contributed by atoms with E-state index < -0.39 is 17.2 Å². The lowest BCUT2D eigenvalue weighted by molar-refractivity contribution is -0.141. The number of aromatic nitrogens is 2. The van der Waals surface area contributed by atoms with Crippen molar-refractivity contribution in [2.45, 2.75) is 6.18 Å². The molecule has 0 aliphatic rings. The summed E-state index contributed by atoms with van der Waals surface area (Å²) in [5, 5.41) is -0.496. The van der Waals surface area contributed by atoms with E-state index in [0.29, 0.717) is 11.3 Å². The molecule has 0 fully saturated rings. The number of para-hydroxylation sites is 1. The average molecular weight is 319 g/mol. The van der Waals surface area contributed by atoms with Gasteiger partial charge in [-0.05, 0) is 29.8 Å². The molecule has 0 radical (unpaired) electrons. The second-order valence-electron chi connectivity index (χ2n) is 3.95. The van der Waals surface area contributed by atoms with Crippen LogP contribution in [0.2, 0.25) is 5.28 Å². The number of ether oxygens (including phenoxy) is 2. The van der Waals surface area contributed by atoms with Crippen molar-refractivity contribution < 1.29 is 22.6 Å². The molecule has 4 nitrogen and oxygen atoms in total. The van der Waals surface area contributed by atoms with Crippen LogP contribution >= 0.6 is 11.6 Å². The van der Waals surface area contributed by atoms with Gasteiger partial charge >= 0.3 is 6.18 Å². The molecule has 1 heterocycles. The van der Waals surface area contributed by atoms with E-state index in [-0.39, 0.29) is 11.4 Å². The highest BCUT2D eigenvalue weighted by Crippen LogP contribution is 2.38. The number of benzene rings is 1. The molecule has 0 aliphatic carbocycles. The molecule has 0 aliphatic heterocycles. The van der Waals surface area contributed by atoms with Crippen molar-refractivity contribution >= 4 is 11.6 Å². The summed E-state index contributed by atoms with van der Waals surface area (Å²) in [5.41, 5.74) is -0.799. The van der Waals surface area contributed by atoms with E-state index in [1.807, 2.05) is 0 Å². The monoisotopic (exact) mass is 318 g/mol. The molecule has 0 atom stereocenters. The van der Waals surface area contributed by atoms with Gasteiger partial charge in [0.1, 0.15) is 5.69 Å². The van der Waals surface area contributed by atoms with Gasteiger partial charge in [0.05, 0.1) is 19.9 Å². The SMILES string of the molecule is COc1cccc(-c2cc(C(F)(F)F)nc(Cl)n2)c1OC. The zero-order valence-corrected chi connectivity index (χ0v) is 11.8. The highest BCUT2D eigenvalue weighted by molar-refractivity contribution is 6.28. The van der Waals surface area contributed by atoms with E-state index in [9.17, 15) is 13.2 Å². The Morgan fingerprint density at radius 3 is 2.38 bits per heavy atom. The van der Waals surface area contributed by atoms with Crippen molar-refractivity contribution in [1.82, 2.24) is 9.97 Å². The van der Waals surface area contributed by atoms with Gasteiger partial charge in [0.2, 0.25) is 5.28 Å². The first-order chi connectivity index (χ1) is 9.86. The normalized spacial score (nSPS) is 11.3. The first-order valence-corrected chi connectivity index (χ1v) is 6.07. The van der Waals surface area contributed by atoms with Gasteiger partial charge in [0, 0.05) is 5.56 Å². The largest absolute Gasteiger partial charge is 0.493 e. The summed E-state index contributed by atoms with van der Waals surface area (Å²) >= 11 is 5.58. The maximum atomic E-state index is 12.8. The van der Waals surface area contributed by atoms with Crippen molar-refractivity contribution in [3.8, 4) is 22.8 Å². The maximum absolute atomic E-state index is 12.8. The van der Waals surface area contributed by atoms with Gasteiger partial charge in [-0.3, -0.25) is 0 Å². The highest BCUT2D eigenvalue weighted by atomic mass is 35.5. The van der Waals surface area contributed by atoms with Crippen molar-refractivity contribution in [3.63, 3.8) is 0 Å². The molecule has 0 saturated heterocycles. The molecular weight excluding hydrogens is 309 g/mol. The van der Waals surface area contributed by atoms with Crippen molar-refractivity contribution in [3.05, 3.63) is 35.2 Å². The topological polar surface area (TPSA) is 44.2 Å². The van der Waals surface area contributed by atoms with Crippen LogP contribution in [-0.2, 0) is 6.18 Å². The Morgan fingerprint density at radius 2 is 1.81 bits per heavy atom. The van der Waals surface area contributed by atoms with Crippen LogP contribution in [-0.4, -0.2) is 24.2 Å². The molecule has 21 heavy (non-hydrogen) atoms. The highest BCUT2D eigenvalue weighted by Gasteiger charge is 2.34. The van der Waals surface area contributed by atoms with Gasteiger partial charge < -0.3 is 9.47 Å². The van der Waals surface area contributed by atoms with Crippen LogP contribution in [0.25, 0.3) is 11.3 Å². The molecule has 112 valence electrons. The van der Waals surface area contributed by atoms with E-state index in [1.165, 1.54) is 14.2 Å². The molecule has 1 aromatic carbocycles. The van der Waals surface area contributed by atoms with Gasteiger partial charge in [-0.25, -0.2) is 9.97 Å². The second-order valence-corrected chi connectivity index (χ2v) is 4.28. The fourth-order valence-corrected chi connectivity index (χ4v) is 1.97. The number of methoxy groups -OCH3 is 2. The Kier molecular flexibility index (Phi) is 4.22. The Labute approximate surface area is 123 Å². The smallest absolute Gasteiger partial charge is 0.433 e. The molecular formula is C13H10ClF3N2O2. The predicted octanol–water partition coefficient (Wildman–Crippen LogP) is 3.83. The molecule has 8 heteroatoms. The fraction of sp³-hybridized carbons (Fsp3) is 0.231. The molecule has 2 rings (SSSR count). The van der Waals surface area contributed by atoms with Crippen LogP contribution in [0.3, 0.4) is 0 Å². The second kappa shape index (κ2) is 5.77. The van der Waals surface area contributed by atoms with Crippen LogP contribution in [0.1, 0.15) is 5.69 Å². The summed E-state index contributed by atoms with van der Waals surface area (Å²) in [4.78, 5) is 7.01. The molecule has 0 spiro atoms. The van der Waals surface area contributed by atoms with Gasteiger partial charge in [-0.15, -0.1) is 0 Å². The Morgan fingerprint density at radius 1 is 1.10 bits per heavy atom. The Hall–Kier alpha value is -2.02. The summed E-state index contributed by atoms with van der Waals surface area (Å²) in [6.45, 7) is 0. The van der Waals surface area contributed by atoms with Crippen molar-refractivity contribution in [1.29, 1.82) is 0 Å². The number of halogens is 4. The lowest BCUT2D eigenvalue weighted by atomic mass is 10.1. The molecule has 0 amide bonds. The van der Waals surface area contributed by atoms with Crippen LogP contribution < -0.4 is 9.47 Å². The first-order valence-electron chi connectivity index (χ1n) is 5.70. The molecule has 0 N–H and O–H groups in total. The average Bonchev–Trinajstić information content (AvgIpc) is 2.44. The molecule has 0 unspecified atom stereocenters. The summed E-state index contributed by atoms with van der Waals surface area (Å²) < 4.78 is 48.6. The minimum Gasteiger partial charge on any atom is -0.493 e. The first kappa shape index (κ1) is 15.4. The van der Waals surface area contributed by atoms with Crippen LogP contribution in [0, 0.1) is 0 Å². The van der Waals surface area contributed by atoms with E-state index >= 15 is 0 Å². The number of nitrogens with zero attached hydrogens (tertiary/aromatic N) is 2. The quantitative estimate of drug-likeness (QED) is 0.807. The molecule has 0 saturated carbocycles. The number of hydrogen-bond acceptors (Lipinski definition) is 4. The van der Waals surface area contributed by atoms with E-state index in [1.54, 1.807) is 18.2 Å². The van der Waals surface area contributed by atoms with Gasteiger partial charge in [0.25, 0.3) is 0 Å². The van der Waals surface area contributed by atoms with Gasteiger partial charge in [0.15, 0.2) is 11.5 Å². The standard InChI is InChI=1S/C13H10ClF3N2O2/c1-20-9-5-3-4-7(11(9)21-2)8-6-10(13(15,16)17)19-12(14)18-8/h3-6H,1-2H3. The minimum absolute atomic E-state index is 0.00178. The van der Waals surface area contributed by atoms with Gasteiger partial charge in [-0.1, -0.05) is 6.07 Å². The Balaban J connectivity index is 2.65. The third-order valence-corrected chi connectivity index (χ3v) is 2.84. The Bertz CT molecular complexity index is 662. The summed E-state index contributed by atoms with van der Waals surface area (Å²) in [6.07, 6.45) is -4.62. The zero-order valence-electron chi connectivity index (χ0n) is 11.0. The van der Waals surface area contributed by atoms with E-state index in [2.05, 4.69) is 9.97 Å². The summed E-state index contributed by atoms with van der Waals surface area (Å²) in [6, 6.07) is 5.60. The van der Waals surface area contributed by atoms with Gasteiger partial charge in [-0.2, -0.15) is 13.2 Å². The fourth-order valence-electron chi connectivity index (χ4n) is 1.79. The number of alkyl halides is 3. The number of hydrogen-bond donors (Lipinski definition) is 0. The lowest BCUT2D eigenvalue weighted by Crippen LogP contribution is -2.09.